The molecule has 4 aromatic heterocycles. The van der Waals surface area contributed by atoms with Gasteiger partial charge in [0.1, 0.15) is 11.3 Å². The molecule has 0 unspecified atom stereocenters. The fourth-order valence-corrected chi connectivity index (χ4v) is 6.33. The van der Waals surface area contributed by atoms with Gasteiger partial charge in [0.15, 0.2) is 0 Å². The van der Waals surface area contributed by atoms with Crippen LogP contribution < -0.4 is 10.7 Å². The summed E-state index contributed by atoms with van der Waals surface area (Å²) in [5.41, 5.74) is 8.20. The standard InChI is InChI=1S/C34H36N6.ClH/c1-21-19-23(3)37-33-29(21)31(35)25-13-7-9-15-27(25)39(33)17-11-5-6-12-18-40-28-16-10-8-14-26(28)32(36)30-22(2)20-24(4)38-34(30)40;/h7-10,13-16,19-20,35-36H,5-6,11-12,17-18H2,1-4H3;1H. The van der Waals surface area contributed by atoms with Crippen LogP contribution in [0.4, 0.5) is 0 Å². The SMILES string of the molecule is Cc1cc(C)c2c(=N)c3ccccc3n(CCCCCCn3c4ccccc4c(=N)c4c(C)cc(C)nc43)c2n1.Cl. The first-order chi connectivity index (χ1) is 19.3. The number of nitrogens with one attached hydrogen (secondary N) is 2. The van der Waals surface area contributed by atoms with Gasteiger partial charge < -0.3 is 9.13 Å². The highest BCUT2D eigenvalue weighted by Gasteiger charge is 2.14. The molecule has 2 N–H and O–H groups in total. The summed E-state index contributed by atoms with van der Waals surface area (Å²) in [4.78, 5) is 9.80. The molecule has 0 radical (unpaired) electrons. The summed E-state index contributed by atoms with van der Waals surface area (Å²) < 4.78 is 4.64. The number of aromatic nitrogens is 4. The van der Waals surface area contributed by atoms with Crippen LogP contribution in [0.15, 0.2) is 60.7 Å². The molecular weight excluding hydrogens is 528 g/mol. The van der Waals surface area contributed by atoms with Gasteiger partial charge in [-0.1, -0.05) is 49.2 Å². The monoisotopic (exact) mass is 564 g/mol. The minimum Gasteiger partial charge on any atom is -0.325 e. The van der Waals surface area contributed by atoms with Gasteiger partial charge in [0.2, 0.25) is 0 Å². The Kier molecular flexibility index (Phi) is 7.96. The molecule has 0 spiro atoms. The number of fused-ring (bicyclic) bond motifs is 4. The second-order valence-electron chi connectivity index (χ2n) is 11.1. The van der Waals surface area contributed by atoms with Crippen molar-refractivity contribution in [3.8, 4) is 0 Å². The number of benzene rings is 2. The van der Waals surface area contributed by atoms with Gasteiger partial charge in [-0.05, 0) is 75.9 Å². The summed E-state index contributed by atoms with van der Waals surface area (Å²) in [6.45, 7) is 9.99. The van der Waals surface area contributed by atoms with Crippen molar-refractivity contribution in [1.82, 2.24) is 19.1 Å². The highest BCUT2D eigenvalue weighted by Crippen LogP contribution is 2.24. The maximum atomic E-state index is 8.87. The molecule has 0 bridgehead atoms. The maximum absolute atomic E-state index is 8.87. The van der Waals surface area contributed by atoms with Crippen LogP contribution in [-0.2, 0) is 13.1 Å². The Labute approximate surface area is 246 Å². The number of hydrogen-bond acceptors (Lipinski definition) is 4. The number of halogens is 1. The summed E-state index contributed by atoms with van der Waals surface area (Å²) in [6.07, 6.45) is 4.30. The van der Waals surface area contributed by atoms with E-state index in [1.54, 1.807) is 0 Å². The van der Waals surface area contributed by atoms with E-state index < -0.39 is 0 Å². The zero-order valence-corrected chi connectivity index (χ0v) is 25.0. The molecule has 0 saturated heterocycles. The van der Waals surface area contributed by atoms with E-state index in [9.17, 15) is 0 Å². The molecule has 0 atom stereocenters. The van der Waals surface area contributed by atoms with Gasteiger partial charge in [-0.25, -0.2) is 9.97 Å². The van der Waals surface area contributed by atoms with E-state index in [0.29, 0.717) is 10.7 Å². The Bertz CT molecular complexity index is 1910. The lowest BCUT2D eigenvalue weighted by atomic mass is 10.1. The normalized spacial score (nSPS) is 11.5. The van der Waals surface area contributed by atoms with Crippen LogP contribution in [0.1, 0.15) is 48.2 Å². The van der Waals surface area contributed by atoms with Crippen molar-refractivity contribution in [3.63, 3.8) is 0 Å². The van der Waals surface area contributed by atoms with Crippen molar-refractivity contribution in [3.05, 3.63) is 93.9 Å². The van der Waals surface area contributed by atoms with E-state index in [1.165, 1.54) is 0 Å². The third kappa shape index (κ3) is 5.02. The molecule has 0 aliphatic rings. The average Bonchev–Trinajstić information content (AvgIpc) is 2.93. The van der Waals surface area contributed by atoms with Gasteiger partial charge in [-0.2, -0.15) is 0 Å². The zero-order valence-electron chi connectivity index (χ0n) is 24.2. The van der Waals surface area contributed by atoms with E-state index in [2.05, 4.69) is 71.5 Å². The van der Waals surface area contributed by atoms with Gasteiger partial charge in [0.25, 0.3) is 0 Å². The molecule has 0 fully saturated rings. The number of unbranched alkanes of at least 4 members (excludes halogenated alkanes) is 3. The third-order valence-corrected chi connectivity index (χ3v) is 8.10. The van der Waals surface area contributed by atoms with Gasteiger partial charge >= 0.3 is 0 Å². The van der Waals surface area contributed by atoms with Gasteiger partial charge in [-0.3, -0.25) is 10.8 Å². The minimum absolute atomic E-state index is 0. The summed E-state index contributed by atoms with van der Waals surface area (Å²) in [5, 5.41) is 22.8. The average molecular weight is 565 g/mol. The van der Waals surface area contributed by atoms with E-state index in [-0.39, 0.29) is 12.4 Å². The summed E-state index contributed by atoms with van der Waals surface area (Å²) >= 11 is 0. The van der Waals surface area contributed by atoms with Crippen LogP contribution in [-0.4, -0.2) is 19.1 Å². The van der Waals surface area contributed by atoms with Crippen molar-refractivity contribution >= 4 is 56.3 Å². The molecule has 2 aromatic carbocycles. The van der Waals surface area contributed by atoms with E-state index in [0.717, 1.165) is 105 Å². The molecule has 7 heteroatoms. The van der Waals surface area contributed by atoms with Crippen molar-refractivity contribution in [2.24, 2.45) is 0 Å². The topological polar surface area (TPSA) is 83.3 Å². The molecule has 6 nitrogen and oxygen atoms in total. The van der Waals surface area contributed by atoms with E-state index in [1.807, 2.05) is 26.0 Å². The fraction of sp³-hybridized carbons (Fsp3) is 0.294. The number of para-hydroxylation sites is 2. The van der Waals surface area contributed by atoms with Crippen LogP contribution in [0.2, 0.25) is 0 Å². The first kappa shape index (κ1) is 28.5. The lowest BCUT2D eigenvalue weighted by Gasteiger charge is -2.18. The predicted octanol–water partition coefficient (Wildman–Crippen LogP) is 7.57. The molecule has 0 amide bonds. The Morgan fingerprint density at radius 1 is 0.585 bits per heavy atom. The van der Waals surface area contributed by atoms with Crippen LogP contribution in [0.25, 0.3) is 43.9 Å². The quantitative estimate of drug-likeness (QED) is 0.155. The Morgan fingerprint density at radius 2 is 0.976 bits per heavy atom. The highest BCUT2D eigenvalue weighted by atomic mass is 35.5. The van der Waals surface area contributed by atoms with Crippen LogP contribution in [0, 0.1) is 38.5 Å². The molecule has 210 valence electrons. The zero-order chi connectivity index (χ0) is 28.0. The molecule has 0 saturated carbocycles. The Balaban J connectivity index is 0.00000337. The van der Waals surface area contributed by atoms with Crippen LogP contribution in [0.5, 0.6) is 0 Å². The number of rotatable bonds is 7. The second kappa shape index (κ2) is 11.5. The van der Waals surface area contributed by atoms with Crippen molar-refractivity contribution in [1.29, 1.82) is 10.8 Å². The van der Waals surface area contributed by atoms with Crippen molar-refractivity contribution in [2.45, 2.75) is 66.5 Å². The number of hydrogen-bond donors (Lipinski definition) is 2. The second-order valence-corrected chi connectivity index (χ2v) is 11.1. The molecular formula is C34H37ClN6. The van der Waals surface area contributed by atoms with Crippen molar-refractivity contribution in [2.75, 3.05) is 0 Å². The number of pyridine rings is 4. The van der Waals surface area contributed by atoms with Crippen LogP contribution in [0.3, 0.4) is 0 Å². The first-order valence-corrected chi connectivity index (χ1v) is 14.2. The molecule has 0 aliphatic carbocycles. The summed E-state index contributed by atoms with van der Waals surface area (Å²) in [7, 11) is 0. The first-order valence-electron chi connectivity index (χ1n) is 14.2. The van der Waals surface area contributed by atoms with Gasteiger partial charge in [0, 0.05) is 46.0 Å². The molecule has 0 aliphatic heterocycles. The Hall–Kier alpha value is -4.03. The largest absolute Gasteiger partial charge is 0.325 e. The molecule has 4 heterocycles. The van der Waals surface area contributed by atoms with Crippen LogP contribution >= 0.6 is 12.4 Å². The number of aryl methyl sites for hydroxylation is 6. The molecule has 6 aromatic rings. The molecule has 41 heavy (non-hydrogen) atoms. The van der Waals surface area contributed by atoms with E-state index >= 15 is 0 Å². The van der Waals surface area contributed by atoms with Crippen molar-refractivity contribution < 1.29 is 0 Å². The predicted molar refractivity (Wildman–Crippen MR) is 171 cm³/mol. The smallest absolute Gasteiger partial charge is 0.143 e. The van der Waals surface area contributed by atoms with E-state index in [4.69, 9.17) is 20.8 Å². The highest BCUT2D eigenvalue weighted by molar-refractivity contribution is 5.94. The van der Waals surface area contributed by atoms with Gasteiger partial charge in [-0.15, -0.1) is 12.4 Å². The third-order valence-electron chi connectivity index (χ3n) is 8.10. The lowest BCUT2D eigenvalue weighted by Crippen LogP contribution is -2.15. The molecule has 6 rings (SSSR count). The summed E-state index contributed by atoms with van der Waals surface area (Å²) in [6, 6.07) is 20.6. The fourth-order valence-electron chi connectivity index (χ4n) is 6.33. The van der Waals surface area contributed by atoms with Gasteiger partial charge in [0.05, 0.1) is 21.7 Å². The Morgan fingerprint density at radius 3 is 1.39 bits per heavy atom. The number of nitrogens with zero attached hydrogens (tertiary/aromatic N) is 4. The summed E-state index contributed by atoms with van der Waals surface area (Å²) in [5.74, 6) is 0. The lowest BCUT2D eigenvalue weighted by molar-refractivity contribution is 0.555. The maximum Gasteiger partial charge on any atom is 0.143 e. The minimum atomic E-state index is 0.